The lowest BCUT2D eigenvalue weighted by atomic mass is 9.85. The lowest BCUT2D eigenvalue weighted by Crippen LogP contribution is -2.45. The van der Waals surface area contributed by atoms with Gasteiger partial charge in [-0.3, -0.25) is 4.79 Å². The number of benzene rings is 1. The zero-order valence-corrected chi connectivity index (χ0v) is 23.4. The van der Waals surface area contributed by atoms with Crippen LogP contribution in [0.1, 0.15) is 79.4 Å². The summed E-state index contributed by atoms with van der Waals surface area (Å²) in [5.74, 6) is 2.26. The van der Waals surface area contributed by atoms with Gasteiger partial charge in [0, 0.05) is 31.4 Å². The van der Waals surface area contributed by atoms with Gasteiger partial charge in [0.15, 0.2) is 0 Å². The highest BCUT2D eigenvalue weighted by atomic mass is 16.5. The third-order valence-electron chi connectivity index (χ3n) is 8.94. The van der Waals surface area contributed by atoms with Crippen LogP contribution in [-0.2, 0) is 22.4 Å². The Labute approximate surface area is 232 Å². The zero-order chi connectivity index (χ0) is 27.2. The van der Waals surface area contributed by atoms with Crippen LogP contribution in [0.25, 0.3) is 0 Å². The van der Waals surface area contributed by atoms with E-state index >= 15 is 0 Å². The van der Waals surface area contributed by atoms with Gasteiger partial charge in [0.25, 0.3) is 0 Å². The van der Waals surface area contributed by atoms with Gasteiger partial charge in [-0.25, -0.2) is 14.8 Å². The quantitative estimate of drug-likeness (QED) is 0.448. The number of anilines is 1. The number of para-hydroxylation sites is 1. The molecule has 2 saturated heterocycles. The first-order valence-corrected chi connectivity index (χ1v) is 14.7. The molecular weight excluding hydrogens is 492 g/mol. The van der Waals surface area contributed by atoms with Gasteiger partial charge in [-0.2, -0.15) is 0 Å². The summed E-state index contributed by atoms with van der Waals surface area (Å²) in [4.78, 5) is 40.0. The maximum absolute atomic E-state index is 13.6. The number of fused-ring (bicyclic) bond motifs is 1. The predicted molar refractivity (Wildman–Crippen MR) is 150 cm³/mol. The van der Waals surface area contributed by atoms with E-state index < -0.39 is 0 Å². The topological polar surface area (TPSA) is 84.9 Å². The Bertz CT molecular complexity index is 1150. The van der Waals surface area contributed by atoms with E-state index in [1.807, 2.05) is 24.3 Å². The standard InChI is InChI=1S/C31H42N4O4/c1-38-28-14-7-6-12-23(28)18-29(36)35-17-9-8-13-24-20-34(21-27(24)35)31-32-19-25(30(37)39-2)26(33-31)16-15-22-10-4-3-5-11-22/h6-7,12,14,19,22,24,27H,3-5,8-11,13,15-18,20-21H2,1-2H3. The van der Waals surface area contributed by atoms with Crippen LogP contribution in [0.15, 0.2) is 30.5 Å². The van der Waals surface area contributed by atoms with E-state index in [0.717, 1.165) is 62.2 Å². The van der Waals surface area contributed by atoms with E-state index in [2.05, 4.69) is 14.8 Å². The minimum Gasteiger partial charge on any atom is -0.496 e. The van der Waals surface area contributed by atoms with Crippen LogP contribution >= 0.6 is 0 Å². The average Bonchev–Trinajstić information content (AvgIpc) is 3.29. The van der Waals surface area contributed by atoms with E-state index in [9.17, 15) is 9.59 Å². The predicted octanol–water partition coefficient (Wildman–Crippen LogP) is 4.84. The molecule has 8 heteroatoms. The highest BCUT2D eigenvalue weighted by molar-refractivity contribution is 5.90. The van der Waals surface area contributed by atoms with E-state index in [0.29, 0.717) is 36.3 Å². The number of hydrogen-bond acceptors (Lipinski definition) is 7. The zero-order valence-electron chi connectivity index (χ0n) is 23.4. The minimum absolute atomic E-state index is 0.129. The maximum Gasteiger partial charge on any atom is 0.341 e. The van der Waals surface area contributed by atoms with Crippen molar-refractivity contribution in [3.05, 3.63) is 47.3 Å². The molecule has 8 nitrogen and oxygen atoms in total. The fraction of sp³-hybridized carbons (Fsp3) is 0.613. The molecular formula is C31H42N4O4. The van der Waals surface area contributed by atoms with Crippen LogP contribution < -0.4 is 9.64 Å². The molecule has 0 spiro atoms. The Morgan fingerprint density at radius 1 is 1.00 bits per heavy atom. The van der Waals surface area contributed by atoms with Gasteiger partial charge < -0.3 is 19.3 Å². The highest BCUT2D eigenvalue weighted by Crippen LogP contribution is 2.33. The van der Waals surface area contributed by atoms with Crippen LogP contribution in [0.4, 0.5) is 5.95 Å². The van der Waals surface area contributed by atoms with E-state index in [1.165, 1.54) is 39.2 Å². The van der Waals surface area contributed by atoms with Gasteiger partial charge in [0.05, 0.1) is 37.9 Å². The lowest BCUT2D eigenvalue weighted by molar-refractivity contribution is -0.132. The van der Waals surface area contributed by atoms with Crippen molar-refractivity contribution in [1.29, 1.82) is 0 Å². The number of ether oxygens (including phenoxy) is 2. The van der Waals surface area contributed by atoms with Crippen LogP contribution in [0.5, 0.6) is 5.75 Å². The summed E-state index contributed by atoms with van der Waals surface area (Å²) < 4.78 is 10.5. The first kappa shape index (κ1) is 27.4. The molecule has 210 valence electrons. The summed E-state index contributed by atoms with van der Waals surface area (Å²) in [5.41, 5.74) is 2.18. The molecule has 3 fully saturated rings. The third-order valence-corrected chi connectivity index (χ3v) is 8.94. The van der Waals surface area contributed by atoms with Crippen LogP contribution in [0, 0.1) is 11.8 Å². The summed E-state index contributed by atoms with van der Waals surface area (Å²) in [5, 5.41) is 0. The Kier molecular flexibility index (Phi) is 8.99. The highest BCUT2D eigenvalue weighted by Gasteiger charge is 2.40. The molecule has 2 aromatic rings. The van der Waals surface area contributed by atoms with Crippen molar-refractivity contribution >= 4 is 17.8 Å². The number of likely N-dealkylation sites (tertiary alicyclic amines) is 1. The normalized spacial score (nSPS) is 21.8. The first-order chi connectivity index (χ1) is 19.1. The van der Waals surface area contributed by atoms with Crippen molar-refractivity contribution in [2.45, 2.75) is 76.7 Å². The molecule has 1 aromatic heterocycles. The summed E-state index contributed by atoms with van der Waals surface area (Å²) in [7, 11) is 3.06. The molecule has 1 aromatic carbocycles. The molecule has 39 heavy (non-hydrogen) atoms. The first-order valence-electron chi connectivity index (χ1n) is 14.7. The fourth-order valence-corrected chi connectivity index (χ4v) is 6.78. The molecule has 5 rings (SSSR count). The lowest BCUT2D eigenvalue weighted by Gasteiger charge is -2.30. The Hall–Kier alpha value is -3.16. The monoisotopic (exact) mass is 534 g/mol. The van der Waals surface area contributed by atoms with Crippen LogP contribution in [-0.4, -0.2) is 66.6 Å². The van der Waals surface area contributed by atoms with Crippen molar-refractivity contribution in [3.8, 4) is 5.75 Å². The summed E-state index contributed by atoms with van der Waals surface area (Å²) in [6, 6.07) is 7.89. The number of aromatic nitrogens is 2. The summed E-state index contributed by atoms with van der Waals surface area (Å²) >= 11 is 0. The molecule has 0 bridgehead atoms. The molecule has 0 radical (unpaired) electrons. The largest absolute Gasteiger partial charge is 0.496 e. The van der Waals surface area contributed by atoms with Gasteiger partial charge in [-0.15, -0.1) is 0 Å². The number of amides is 1. The van der Waals surface area contributed by atoms with Gasteiger partial charge in [-0.05, 0) is 43.6 Å². The molecule has 2 unspecified atom stereocenters. The molecule has 3 aliphatic rings. The second kappa shape index (κ2) is 12.8. The van der Waals surface area contributed by atoms with Crippen LogP contribution in [0.2, 0.25) is 0 Å². The van der Waals surface area contributed by atoms with Crippen molar-refractivity contribution in [1.82, 2.24) is 14.9 Å². The second-order valence-electron chi connectivity index (χ2n) is 11.4. The van der Waals surface area contributed by atoms with Gasteiger partial charge >= 0.3 is 5.97 Å². The van der Waals surface area contributed by atoms with E-state index in [-0.39, 0.29) is 17.9 Å². The number of aryl methyl sites for hydroxylation is 1. The summed E-state index contributed by atoms with van der Waals surface area (Å²) in [6.45, 7) is 2.31. The average molecular weight is 535 g/mol. The number of nitrogens with zero attached hydrogens (tertiary/aromatic N) is 4. The Balaban J connectivity index is 1.32. The molecule has 1 saturated carbocycles. The van der Waals surface area contributed by atoms with E-state index in [4.69, 9.17) is 14.5 Å². The number of carbonyl (C=O) groups excluding carboxylic acids is 2. The number of methoxy groups -OCH3 is 2. The maximum atomic E-state index is 13.6. The smallest absolute Gasteiger partial charge is 0.341 e. The molecule has 3 heterocycles. The molecule has 1 amide bonds. The number of rotatable bonds is 8. The SMILES string of the molecule is COC(=O)c1cnc(N2CC3CCCCN(C(=O)Cc4ccccc4OC)C3C2)nc1CCC1CCCCC1. The number of hydrogen-bond donors (Lipinski definition) is 0. The van der Waals surface area contributed by atoms with Crippen molar-refractivity contribution in [3.63, 3.8) is 0 Å². The van der Waals surface area contributed by atoms with Gasteiger partial charge in [-0.1, -0.05) is 56.7 Å². The van der Waals surface area contributed by atoms with E-state index in [1.54, 1.807) is 13.3 Å². The molecule has 1 aliphatic carbocycles. The Morgan fingerprint density at radius 3 is 2.59 bits per heavy atom. The summed E-state index contributed by atoms with van der Waals surface area (Å²) in [6.07, 6.45) is 13.5. The molecule has 2 atom stereocenters. The van der Waals surface area contributed by atoms with Crippen molar-refractivity contribution < 1.29 is 19.1 Å². The fourth-order valence-electron chi connectivity index (χ4n) is 6.78. The van der Waals surface area contributed by atoms with Crippen molar-refractivity contribution in [2.75, 3.05) is 38.8 Å². The molecule has 2 aliphatic heterocycles. The Morgan fingerprint density at radius 2 is 1.79 bits per heavy atom. The minimum atomic E-state index is -0.375. The number of carbonyl (C=O) groups is 2. The van der Waals surface area contributed by atoms with Crippen LogP contribution in [0.3, 0.4) is 0 Å². The van der Waals surface area contributed by atoms with Crippen molar-refractivity contribution in [2.24, 2.45) is 11.8 Å². The van der Waals surface area contributed by atoms with Gasteiger partial charge in [0.2, 0.25) is 11.9 Å². The third kappa shape index (κ3) is 6.36. The van der Waals surface area contributed by atoms with Gasteiger partial charge in [0.1, 0.15) is 5.75 Å². The second-order valence-corrected chi connectivity index (χ2v) is 11.4. The number of esters is 1. The molecule has 0 N–H and O–H groups in total.